The first-order valence-corrected chi connectivity index (χ1v) is 14.5. The molecule has 0 aliphatic carbocycles. The number of likely N-dealkylation sites (tertiary alicyclic amines) is 1. The van der Waals surface area contributed by atoms with Crippen LogP contribution in [-0.4, -0.2) is 50.8 Å². The first kappa shape index (κ1) is 28.9. The number of unbranched alkanes of at least 4 members (excludes halogenated alkanes) is 1. The number of aryl methyl sites for hydroxylation is 2. The molecular formula is C34H37N3O5. The number of aromatic nitrogens is 2. The Hall–Kier alpha value is -4.59. The molecular weight excluding hydrogens is 530 g/mol. The zero-order valence-corrected chi connectivity index (χ0v) is 24.6. The number of ether oxygens (including phenoxy) is 2. The summed E-state index contributed by atoms with van der Waals surface area (Å²) in [5.74, 6) is -0.556. The summed E-state index contributed by atoms with van der Waals surface area (Å²) in [7, 11) is 0. The molecule has 4 aromatic rings. The number of fused-ring (bicyclic) bond motifs is 1. The summed E-state index contributed by atoms with van der Waals surface area (Å²) < 4.78 is 13.8. The minimum atomic E-state index is -0.831. The molecule has 3 heterocycles. The molecule has 2 aromatic heterocycles. The molecule has 0 spiro atoms. The molecule has 1 N–H and O–H groups in total. The molecule has 1 aliphatic rings. The summed E-state index contributed by atoms with van der Waals surface area (Å²) in [5.41, 5.74) is 4.26. The fraction of sp³-hybridized carbons (Fsp3) is 0.324. The smallest absolute Gasteiger partial charge is 0.295 e. The second-order valence-corrected chi connectivity index (χ2v) is 10.5. The number of nitrogens with zero attached hydrogens (tertiary/aromatic N) is 3. The Kier molecular flexibility index (Phi) is 8.61. The molecule has 8 heteroatoms. The number of benzene rings is 2. The first-order chi connectivity index (χ1) is 20.3. The van der Waals surface area contributed by atoms with Crippen LogP contribution >= 0.6 is 0 Å². The van der Waals surface area contributed by atoms with E-state index in [1.807, 2.05) is 92.0 Å². The zero-order valence-electron chi connectivity index (χ0n) is 24.6. The van der Waals surface area contributed by atoms with Gasteiger partial charge in [0.1, 0.15) is 11.3 Å². The highest BCUT2D eigenvalue weighted by Crippen LogP contribution is 2.42. The van der Waals surface area contributed by atoms with Crippen molar-refractivity contribution < 1.29 is 24.2 Å². The Morgan fingerprint density at radius 2 is 1.76 bits per heavy atom. The summed E-state index contributed by atoms with van der Waals surface area (Å²) in [5, 5.41) is 11.7. The number of imidazole rings is 1. The molecule has 1 unspecified atom stereocenters. The zero-order chi connectivity index (χ0) is 29.8. The number of ketones is 1. The van der Waals surface area contributed by atoms with Gasteiger partial charge in [0.15, 0.2) is 17.3 Å². The lowest BCUT2D eigenvalue weighted by atomic mass is 9.95. The number of carbonyl (C=O) groups is 2. The number of Topliss-reactive ketones (excluding diaryl/α,β-unsaturated/α-hetero) is 1. The van der Waals surface area contributed by atoms with Crippen molar-refractivity contribution in [1.82, 2.24) is 14.3 Å². The third-order valence-corrected chi connectivity index (χ3v) is 7.67. The SMILES string of the molecule is CCCCOc1ccc(C2C(=C(O)c3nc4c(C)cccn4c3C)C(=O)C(=O)N2CCc2ccccc2)cc1OCC. The second-order valence-electron chi connectivity index (χ2n) is 10.5. The molecule has 1 amide bonds. The Balaban J connectivity index is 1.64. The molecule has 0 radical (unpaired) electrons. The Morgan fingerprint density at radius 3 is 2.48 bits per heavy atom. The van der Waals surface area contributed by atoms with Gasteiger partial charge in [-0.25, -0.2) is 4.98 Å². The van der Waals surface area contributed by atoms with Crippen LogP contribution < -0.4 is 9.47 Å². The summed E-state index contributed by atoms with van der Waals surface area (Å²) in [6, 6.07) is 18.3. The highest BCUT2D eigenvalue weighted by atomic mass is 16.5. The van der Waals surface area contributed by atoms with Crippen molar-refractivity contribution in [3.63, 3.8) is 0 Å². The van der Waals surface area contributed by atoms with Crippen LogP contribution in [0.25, 0.3) is 11.4 Å². The fourth-order valence-corrected chi connectivity index (χ4v) is 5.43. The van der Waals surface area contributed by atoms with E-state index in [9.17, 15) is 14.7 Å². The van der Waals surface area contributed by atoms with Crippen LogP contribution in [0.2, 0.25) is 0 Å². The first-order valence-electron chi connectivity index (χ1n) is 14.5. The lowest BCUT2D eigenvalue weighted by Gasteiger charge is -2.26. The molecule has 8 nitrogen and oxygen atoms in total. The van der Waals surface area contributed by atoms with Crippen molar-refractivity contribution in [3.05, 3.63) is 101 Å². The van der Waals surface area contributed by atoms with E-state index in [0.29, 0.717) is 48.0 Å². The number of aliphatic hydroxyl groups excluding tert-OH is 1. The highest BCUT2D eigenvalue weighted by Gasteiger charge is 2.46. The fourth-order valence-electron chi connectivity index (χ4n) is 5.43. The van der Waals surface area contributed by atoms with Crippen LogP contribution in [0.5, 0.6) is 11.5 Å². The van der Waals surface area contributed by atoms with Crippen LogP contribution in [0.1, 0.15) is 60.8 Å². The largest absolute Gasteiger partial charge is 0.505 e. The van der Waals surface area contributed by atoms with E-state index in [4.69, 9.17) is 14.5 Å². The minimum Gasteiger partial charge on any atom is -0.505 e. The number of rotatable bonds is 11. The van der Waals surface area contributed by atoms with Crippen molar-refractivity contribution >= 4 is 23.1 Å². The number of hydrogen-bond acceptors (Lipinski definition) is 6. The van der Waals surface area contributed by atoms with E-state index in [0.717, 1.165) is 24.0 Å². The van der Waals surface area contributed by atoms with E-state index in [2.05, 4.69) is 6.92 Å². The van der Waals surface area contributed by atoms with Gasteiger partial charge in [0, 0.05) is 12.7 Å². The predicted octanol–water partition coefficient (Wildman–Crippen LogP) is 6.19. The molecule has 1 saturated heterocycles. The lowest BCUT2D eigenvalue weighted by Crippen LogP contribution is -2.31. The molecule has 2 aromatic carbocycles. The minimum absolute atomic E-state index is 0.0133. The van der Waals surface area contributed by atoms with Gasteiger partial charge in [-0.2, -0.15) is 0 Å². The topological polar surface area (TPSA) is 93.4 Å². The number of carbonyl (C=O) groups excluding carboxylic acids is 2. The lowest BCUT2D eigenvalue weighted by molar-refractivity contribution is -0.139. The van der Waals surface area contributed by atoms with Gasteiger partial charge < -0.3 is 23.9 Å². The summed E-state index contributed by atoms with van der Waals surface area (Å²) in [4.78, 5) is 33.5. The van der Waals surface area contributed by atoms with E-state index in [1.54, 1.807) is 4.90 Å². The van der Waals surface area contributed by atoms with Crippen molar-refractivity contribution in [2.75, 3.05) is 19.8 Å². The van der Waals surface area contributed by atoms with Gasteiger partial charge >= 0.3 is 0 Å². The van der Waals surface area contributed by atoms with E-state index in [1.165, 1.54) is 0 Å². The van der Waals surface area contributed by atoms with Gasteiger partial charge in [-0.1, -0.05) is 55.8 Å². The van der Waals surface area contributed by atoms with Crippen LogP contribution in [-0.2, 0) is 16.0 Å². The van der Waals surface area contributed by atoms with Crippen molar-refractivity contribution in [3.8, 4) is 11.5 Å². The summed E-state index contributed by atoms with van der Waals surface area (Å²) >= 11 is 0. The number of hydrogen-bond donors (Lipinski definition) is 1. The molecule has 42 heavy (non-hydrogen) atoms. The van der Waals surface area contributed by atoms with Crippen molar-refractivity contribution in [2.24, 2.45) is 0 Å². The molecule has 0 bridgehead atoms. The maximum Gasteiger partial charge on any atom is 0.295 e. The van der Waals surface area contributed by atoms with Gasteiger partial charge in [0.05, 0.1) is 30.5 Å². The van der Waals surface area contributed by atoms with E-state index < -0.39 is 17.7 Å². The Morgan fingerprint density at radius 1 is 0.976 bits per heavy atom. The van der Waals surface area contributed by atoms with Crippen LogP contribution in [0.15, 0.2) is 72.4 Å². The normalized spacial score (nSPS) is 16.4. The van der Waals surface area contributed by atoms with Crippen molar-refractivity contribution in [1.29, 1.82) is 0 Å². The maximum absolute atomic E-state index is 13.7. The third kappa shape index (κ3) is 5.49. The summed E-state index contributed by atoms with van der Waals surface area (Å²) in [6.45, 7) is 9.03. The van der Waals surface area contributed by atoms with Crippen molar-refractivity contribution in [2.45, 2.75) is 53.0 Å². The van der Waals surface area contributed by atoms with Gasteiger partial charge in [-0.05, 0) is 68.5 Å². The molecule has 1 fully saturated rings. The van der Waals surface area contributed by atoms with E-state index in [-0.39, 0.29) is 23.6 Å². The summed E-state index contributed by atoms with van der Waals surface area (Å²) in [6.07, 6.45) is 4.32. The van der Waals surface area contributed by atoms with Gasteiger partial charge in [0.2, 0.25) is 0 Å². The third-order valence-electron chi connectivity index (χ3n) is 7.67. The maximum atomic E-state index is 13.7. The van der Waals surface area contributed by atoms with Gasteiger partial charge in [-0.3, -0.25) is 9.59 Å². The molecule has 1 atom stereocenters. The second kappa shape index (κ2) is 12.5. The average Bonchev–Trinajstić information content (AvgIpc) is 3.47. The Bertz CT molecular complexity index is 1640. The van der Waals surface area contributed by atoms with Crippen LogP contribution in [0.4, 0.5) is 0 Å². The average molecular weight is 568 g/mol. The van der Waals surface area contributed by atoms with Gasteiger partial charge in [0.25, 0.3) is 11.7 Å². The molecule has 0 saturated carbocycles. The van der Waals surface area contributed by atoms with Crippen LogP contribution in [0, 0.1) is 13.8 Å². The monoisotopic (exact) mass is 567 g/mol. The van der Waals surface area contributed by atoms with Crippen LogP contribution in [0.3, 0.4) is 0 Å². The Labute approximate surface area is 246 Å². The van der Waals surface area contributed by atoms with E-state index >= 15 is 0 Å². The van der Waals surface area contributed by atoms with Gasteiger partial charge in [-0.15, -0.1) is 0 Å². The molecule has 218 valence electrons. The number of amides is 1. The standard InChI is InChI=1S/C34H37N3O5/c1-5-7-20-42-26-16-15-25(21-27(26)41-6-2)30-28(31(38)29-23(4)36-18-11-12-22(3)33(36)35-29)32(39)34(40)37(30)19-17-24-13-9-8-10-14-24/h8-16,18,21,30,38H,5-7,17,19-20H2,1-4H3. The quantitative estimate of drug-likeness (QED) is 0.101. The highest BCUT2D eigenvalue weighted by molar-refractivity contribution is 6.46. The number of pyridine rings is 1. The number of aliphatic hydroxyl groups is 1. The molecule has 1 aliphatic heterocycles. The molecule has 5 rings (SSSR count). The predicted molar refractivity (Wildman–Crippen MR) is 162 cm³/mol.